The van der Waals surface area contributed by atoms with Gasteiger partial charge in [0.25, 0.3) is 5.56 Å². The molecule has 0 amide bonds. The molecule has 17 heavy (non-hydrogen) atoms. The van der Waals surface area contributed by atoms with E-state index in [1.807, 2.05) is 6.07 Å². The summed E-state index contributed by atoms with van der Waals surface area (Å²) in [5.41, 5.74) is 1.78. The molecule has 4 nitrogen and oxygen atoms in total. The van der Waals surface area contributed by atoms with E-state index in [0.717, 1.165) is 36.3 Å². The van der Waals surface area contributed by atoms with E-state index in [2.05, 4.69) is 30.9 Å². The van der Waals surface area contributed by atoms with Crippen LogP contribution < -0.4 is 5.56 Å². The summed E-state index contributed by atoms with van der Waals surface area (Å²) in [4.78, 5) is 16.4. The van der Waals surface area contributed by atoms with Crippen molar-refractivity contribution in [1.29, 1.82) is 0 Å². The highest BCUT2D eigenvalue weighted by molar-refractivity contribution is 5.40. The van der Waals surface area contributed by atoms with E-state index in [1.165, 1.54) is 4.52 Å². The number of rotatable bonds is 4. The molecule has 2 aromatic heterocycles. The molecule has 1 N–H and O–H groups in total. The van der Waals surface area contributed by atoms with Gasteiger partial charge in [-0.25, -0.2) is 9.50 Å². The standard InChI is InChI=1S/C13H19N3O/c1-4-6-10-7-11-14-13(9(3)5-2)15-16(11)12(17)8-10/h7-9H,4-6H2,1-3H3,(H,14,15). The summed E-state index contributed by atoms with van der Waals surface area (Å²) in [5, 5.41) is 3.08. The van der Waals surface area contributed by atoms with Crippen molar-refractivity contribution in [3.8, 4) is 0 Å². The number of fused-ring (bicyclic) bond motifs is 1. The van der Waals surface area contributed by atoms with Crippen LogP contribution in [0.5, 0.6) is 0 Å². The molecule has 0 aliphatic heterocycles. The summed E-state index contributed by atoms with van der Waals surface area (Å²) in [6.45, 7) is 6.33. The zero-order valence-corrected chi connectivity index (χ0v) is 10.7. The number of pyridine rings is 1. The van der Waals surface area contributed by atoms with Crippen LogP contribution in [-0.4, -0.2) is 14.6 Å². The minimum Gasteiger partial charge on any atom is -0.276 e. The van der Waals surface area contributed by atoms with Gasteiger partial charge in [-0.3, -0.25) is 9.89 Å². The highest BCUT2D eigenvalue weighted by Gasteiger charge is 2.10. The van der Waals surface area contributed by atoms with E-state index in [1.54, 1.807) is 6.07 Å². The lowest BCUT2D eigenvalue weighted by Crippen LogP contribution is -2.14. The fourth-order valence-corrected chi connectivity index (χ4v) is 1.91. The van der Waals surface area contributed by atoms with Crippen molar-refractivity contribution in [3.05, 3.63) is 33.9 Å². The fraction of sp³-hybridized carbons (Fsp3) is 0.538. The smallest absolute Gasteiger partial charge is 0.271 e. The zero-order valence-electron chi connectivity index (χ0n) is 10.7. The molecule has 0 spiro atoms. The van der Waals surface area contributed by atoms with Crippen molar-refractivity contribution in [2.45, 2.75) is 46.0 Å². The van der Waals surface area contributed by atoms with Gasteiger partial charge in [-0.2, -0.15) is 0 Å². The monoisotopic (exact) mass is 233 g/mol. The third-order valence-electron chi connectivity index (χ3n) is 3.15. The highest BCUT2D eigenvalue weighted by Crippen LogP contribution is 2.15. The molecular formula is C13H19N3O. The molecule has 92 valence electrons. The molecule has 0 radical (unpaired) electrons. The fourth-order valence-electron chi connectivity index (χ4n) is 1.91. The number of aromatic amines is 1. The van der Waals surface area contributed by atoms with Crippen LogP contribution in [0.15, 0.2) is 16.9 Å². The van der Waals surface area contributed by atoms with E-state index < -0.39 is 0 Å². The number of H-pyrrole nitrogens is 1. The molecule has 0 aliphatic rings. The largest absolute Gasteiger partial charge is 0.276 e. The van der Waals surface area contributed by atoms with Crippen LogP contribution in [0.25, 0.3) is 5.65 Å². The molecule has 2 aromatic rings. The Kier molecular flexibility index (Phi) is 3.31. The molecule has 4 heteroatoms. The second-order valence-electron chi connectivity index (χ2n) is 4.56. The van der Waals surface area contributed by atoms with Gasteiger partial charge in [0.2, 0.25) is 0 Å². The van der Waals surface area contributed by atoms with Crippen molar-refractivity contribution in [3.63, 3.8) is 0 Å². The molecule has 0 fully saturated rings. The van der Waals surface area contributed by atoms with Gasteiger partial charge in [-0.05, 0) is 24.5 Å². The van der Waals surface area contributed by atoms with Crippen LogP contribution in [0, 0.1) is 0 Å². The SMILES string of the molecule is CCCc1cc(=O)n2[nH]c(C(C)CC)nc2c1. The third-order valence-corrected chi connectivity index (χ3v) is 3.15. The van der Waals surface area contributed by atoms with Crippen LogP contribution in [0.4, 0.5) is 0 Å². The maximum atomic E-state index is 11.9. The van der Waals surface area contributed by atoms with E-state index in [0.29, 0.717) is 5.92 Å². The molecular weight excluding hydrogens is 214 g/mol. The van der Waals surface area contributed by atoms with E-state index in [9.17, 15) is 4.79 Å². The minimum absolute atomic E-state index is 0.0204. The van der Waals surface area contributed by atoms with Gasteiger partial charge >= 0.3 is 0 Å². The van der Waals surface area contributed by atoms with Crippen molar-refractivity contribution in [2.75, 3.05) is 0 Å². The minimum atomic E-state index is -0.0204. The lowest BCUT2D eigenvalue weighted by molar-refractivity contribution is 0.674. The van der Waals surface area contributed by atoms with Gasteiger partial charge in [-0.15, -0.1) is 0 Å². The van der Waals surface area contributed by atoms with E-state index in [-0.39, 0.29) is 5.56 Å². The quantitative estimate of drug-likeness (QED) is 0.882. The van der Waals surface area contributed by atoms with Crippen molar-refractivity contribution >= 4 is 5.65 Å². The van der Waals surface area contributed by atoms with Gasteiger partial charge in [0.05, 0.1) is 0 Å². The lowest BCUT2D eigenvalue weighted by atomic mass is 10.1. The molecule has 0 aromatic carbocycles. The Balaban J connectivity index is 2.53. The Morgan fingerprint density at radius 2 is 2.18 bits per heavy atom. The average Bonchev–Trinajstić information content (AvgIpc) is 2.73. The first-order valence-electron chi connectivity index (χ1n) is 6.27. The summed E-state index contributed by atoms with van der Waals surface area (Å²) >= 11 is 0. The Bertz CT molecular complexity index is 568. The summed E-state index contributed by atoms with van der Waals surface area (Å²) < 4.78 is 1.53. The zero-order chi connectivity index (χ0) is 12.4. The topological polar surface area (TPSA) is 50.2 Å². The van der Waals surface area contributed by atoms with E-state index >= 15 is 0 Å². The number of nitrogens with zero attached hydrogens (tertiary/aromatic N) is 2. The number of aryl methyl sites for hydroxylation is 1. The maximum absolute atomic E-state index is 11.9. The number of nitrogens with one attached hydrogen (secondary N) is 1. The Morgan fingerprint density at radius 3 is 2.82 bits per heavy atom. The van der Waals surface area contributed by atoms with E-state index in [4.69, 9.17) is 0 Å². The molecule has 2 rings (SSSR count). The first-order valence-corrected chi connectivity index (χ1v) is 6.27. The first-order chi connectivity index (χ1) is 8.15. The molecule has 0 saturated carbocycles. The Hall–Kier alpha value is -1.58. The maximum Gasteiger partial charge on any atom is 0.271 e. The molecule has 1 unspecified atom stereocenters. The Morgan fingerprint density at radius 1 is 1.41 bits per heavy atom. The number of hydrogen-bond acceptors (Lipinski definition) is 2. The van der Waals surface area contributed by atoms with Crippen molar-refractivity contribution in [1.82, 2.24) is 14.6 Å². The van der Waals surface area contributed by atoms with Crippen molar-refractivity contribution < 1.29 is 0 Å². The molecule has 1 atom stereocenters. The van der Waals surface area contributed by atoms with Gasteiger partial charge < -0.3 is 0 Å². The lowest BCUT2D eigenvalue weighted by Gasteiger charge is -2.01. The molecule has 0 bridgehead atoms. The first kappa shape index (κ1) is 11.9. The van der Waals surface area contributed by atoms with Crippen LogP contribution in [0.2, 0.25) is 0 Å². The molecule has 0 aliphatic carbocycles. The second kappa shape index (κ2) is 4.73. The molecule has 0 saturated heterocycles. The average molecular weight is 233 g/mol. The summed E-state index contributed by atoms with van der Waals surface area (Å²) in [6.07, 6.45) is 2.98. The van der Waals surface area contributed by atoms with Gasteiger partial charge in [0.1, 0.15) is 5.82 Å². The van der Waals surface area contributed by atoms with Gasteiger partial charge in [-0.1, -0.05) is 27.2 Å². The van der Waals surface area contributed by atoms with Crippen LogP contribution in [0.3, 0.4) is 0 Å². The second-order valence-corrected chi connectivity index (χ2v) is 4.56. The highest BCUT2D eigenvalue weighted by atomic mass is 16.1. The third kappa shape index (κ3) is 2.25. The molecule has 2 heterocycles. The number of hydrogen-bond donors (Lipinski definition) is 1. The summed E-state index contributed by atoms with van der Waals surface area (Å²) in [6, 6.07) is 3.68. The summed E-state index contributed by atoms with van der Waals surface area (Å²) in [7, 11) is 0. The predicted octanol–water partition coefficient (Wildman–Crippen LogP) is 2.49. The predicted molar refractivity (Wildman–Crippen MR) is 68.5 cm³/mol. The number of aromatic nitrogens is 3. The van der Waals surface area contributed by atoms with Gasteiger partial charge in [0.15, 0.2) is 5.65 Å². The normalized spacial score (nSPS) is 13.1. The van der Waals surface area contributed by atoms with Crippen LogP contribution in [0.1, 0.15) is 50.9 Å². The van der Waals surface area contributed by atoms with Gasteiger partial charge in [0, 0.05) is 12.0 Å². The van der Waals surface area contributed by atoms with Crippen LogP contribution >= 0.6 is 0 Å². The van der Waals surface area contributed by atoms with Crippen LogP contribution in [-0.2, 0) is 6.42 Å². The summed E-state index contributed by atoms with van der Waals surface area (Å²) in [5.74, 6) is 1.24. The Labute approximate surface area is 101 Å². The van der Waals surface area contributed by atoms with Crippen molar-refractivity contribution in [2.24, 2.45) is 0 Å².